The quantitative estimate of drug-likeness (QED) is 0.686. The zero-order valence-corrected chi connectivity index (χ0v) is 15.6. The Bertz CT molecular complexity index is 696. The summed E-state index contributed by atoms with van der Waals surface area (Å²) in [6, 6.07) is -0.0973. The fraction of sp³-hybridized carbons (Fsp3) is 0.667. The van der Waals surface area contributed by atoms with Crippen LogP contribution in [-0.4, -0.2) is 61.7 Å². The van der Waals surface area contributed by atoms with Gasteiger partial charge in [0.05, 0.1) is 17.8 Å². The Hall–Kier alpha value is -1.18. The second kappa shape index (κ2) is 8.01. The molecular formula is C12H17BrF3N5O3S. The Morgan fingerprint density at radius 2 is 2.04 bits per heavy atom. The number of ether oxygens (including phenoxy) is 1. The maximum absolute atomic E-state index is 12.2. The van der Waals surface area contributed by atoms with E-state index in [1.807, 2.05) is 0 Å². The van der Waals surface area contributed by atoms with Crippen LogP contribution in [0.5, 0.6) is 5.88 Å². The highest BCUT2D eigenvalue weighted by atomic mass is 79.9. The van der Waals surface area contributed by atoms with E-state index in [1.165, 1.54) is 13.3 Å². The average molecular weight is 448 g/mol. The van der Waals surface area contributed by atoms with Gasteiger partial charge in [0.25, 0.3) is 10.2 Å². The van der Waals surface area contributed by atoms with Crippen molar-refractivity contribution < 1.29 is 26.3 Å². The lowest BCUT2D eigenvalue weighted by molar-refractivity contribution is -0.121. The maximum atomic E-state index is 12.2. The molecule has 1 aromatic heterocycles. The highest BCUT2D eigenvalue weighted by Gasteiger charge is 2.33. The summed E-state index contributed by atoms with van der Waals surface area (Å²) in [5, 5.41) is 3.07. The lowest BCUT2D eigenvalue weighted by Gasteiger charge is -2.31. The van der Waals surface area contributed by atoms with Crippen molar-refractivity contribution in [2.75, 3.05) is 32.1 Å². The molecule has 1 fully saturated rings. The third kappa shape index (κ3) is 5.94. The van der Waals surface area contributed by atoms with Crippen LogP contribution >= 0.6 is 15.9 Å². The summed E-state index contributed by atoms with van der Waals surface area (Å²) >= 11 is 3.24. The van der Waals surface area contributed by atoms with Crippen molar-refractivity contribution in [3.8, 4) is 5.88 Å². The summed E-state index contributed by atoms with van der Waals surface area (Å²) < 4.78 is 68.4. The van der Waals surface area contributed by atoms with Gasteiger partial charge >= 0.3 is 6.18 Å². The first-order chi connectivity index (χ1) is 11.6. The van der Waals surface area contributed by atoms with Gasteiger partial charge in [0, 0.05) is 19.1 Å². The average Bonchev–Trinajstić information content (AvgIpc) is 2.55. The number of anilines is 1. The molecule has 8 nitrogen and oxygen atoms in total. The van der Waals surface area contributed by atoms with Gasteiger partial charge in [0.2, 0.25) is 11.8 Å². The van der Waals surface area contributed by atoms with Crippen molar-refractivity contribution in [2.45, 2.75) is 25.1 Å². The van der Waals surface area contributed by atoms with E-state index < -0.39 is 22.9 Å². The molecule has 2 heterocycles. The molecule has 0 spiro atoms. The van der Waals surface area contributed by atoms with E-state index in [0.717, 1.165) is 4.31 Å². The molecule has 25 heavy (non-hydrogen) atoms. The summed E-state index contributed by atoms with van der Waals surface area (Å²) in [5.74, 6) is 0.686. The molecular weight excluding hydrogens is 431 g/mol. The lowest BCUT2D eigenvalue weighted by atomic mass is 10.1. The Kier molecular flexibility index (Phi) is 6.45. The molecule has 0 bridgehead atoms. The molecule has 1 aliphatic rings. The van der Waals surface area contributed by atoms with E-state index in [0.29, 0.717) is 29.1 Å². The van der Waals surface area contributed by atoms with Gasteiger partial charge in [0.1, 0.15) is 6.54 Å². The Morgan fingerprint density at radius 1 is 1.40 bits per heavy atom. The van der Waals surface area contributed by atoms with Gasteiger partial charge in [-0.05, 0) is 28.8 Å². The molecule has 0 amide bonds. The predicted molar refractivity (Wildman–Crippen MR) is 87.5 cm³/mol. The fourth-order valence-electron chi connectivity index (χ4n) is 2.25. The smallest absolute Gasteiger partial charge is 0.402 e. The molecule has 1 aromatic rings. The first-order valence-corrected chi connectivity index (χ1v) is 9.48. The van der Waals surface area contributed by atoms with E-state index >= 15 is 0 Å². The summed E-state index contributed by atoms with van der Waals surface area (Å²) in [5.41, 5.74) is 0. The SMILES string of the molecule is COc1nc(NC2CCN(S(=O)(=O)NCC(F)(F)F)CC2)ncc1Br. The fourth-order valence-corrected chi connectivity index (χ4v) is 3.82. The van der Waals surface area contributed by atoms with Gasteiger partial charge in [-0.1, -0.05) is 0 Å². The number of piperidine rings is 1. The molecule has 2 N–H and O–H groups in total. The molecule has 0 saturated carbocycles. The number of rotatable bonds is 6. The van der Waals surface area contributed by atoms with Crippen LogP contribution in [0.4, 0.5) is 19.1 Å². The van der Waals surface area contributed by atoms with Crippen LogP contribution in [0, 0.1) is 0 Å². The standard InChI is InChI=1S/C12H17BrF3N5O3S/c1-24-10-9(13)6-17-11(20-10)19-8-2-4-21(5-3-8)25(22,23)18-7-12(14,15)16/h6,8,18H,2-5,7H2,1H3,(H,17,19,20). The van der Waals surface area contributed by atoms with Gasteiger partial charge in [-0.25, -0.2) is 4.98 Å². The van der Waals surface area contributed by atoms with Crippen LogP contribution in [-0.2, 0) is 10.2 Å². The minimum Gasteiger partial charge on any atom is -0.480 e. The number of nitrogens with zero attached hydrogens (tertiary/aromatic N) is 3. The second-order valence-corrected chi connectivity index (χ2v) is 7.92. The second-order valence-electron chi connectivity index (χ2n) is 5.31. The maximum Gasteiger partial charge on any atom is 0.402 e. The molecule has 0 unspecified atom stereocenters. The summed E-state index contributed by atoms with van der Waals surface area (Å²) in [4.78, 5) is 8.24. The lowest BCUT2D eigenvalue weighted by Crippen LogP contribution is -2.49. The Labute approximate surface area is 151 Å². The highest BCUT2D eigenvalue weighted by Crippen LogP contribution is 2.23. The van der Waals surface area contributed by atoms with E-state index in [-0.39, 0.29) is 19.1 Å². The first kappa shape index (κ1) is 20.1. The Balaban J connectivity index is 1.89. The van der Waals surface area contributed by atoms with E-state index in [9.17, 15) is 21.6 Å². The third-order valence-corrected chi connectivity index (χ3v) is 5.59. The van der Waals surface area contributed by atoms with E-state index in [2.05, 4.69) is 31.2 Å². The van der Waals surface area contributed by atoms with Crippen molar-refractivity contribution in [1.29, 1.82) is 0 Å². The van der Waals surface area contributed by atoms with Crippen molar-refractivity contribution in [3.63, 3.8) is 0 Å². The number of nitrogens with one attached hydrogen (secondary N) is 2. The minimum absolute atomic E-state index is 0.0958. The number of methoxy groups -OCH3 is 1. The minimum atomic E-state index is -4.59. The van der Waals surface area contributed by atoms with Gasteiger partial charge in [0.15, 0.2) is 0 Å². The predicted octanol–water partition coefficient (Wildman–Crippen LogP) is 1.52. The first-order valence-electron chi connectivity index (χ1n) is 7.25. The van der Waals surface area contributed by atoms with E-state index in [4.69, 9.17) is 4.74 Å². The molecule has 13 heteroatoms. The number of hydrogen-bond donors (Lipinski definition) is 2. The monoisotopic (exact) mass is 447 g/mol. The molecule has 0 atom stereocenters. The molecule has 0 aromatic carbocycles. The molecule has 0 radical (unpaired) electrons. The van der Waals surface area contributed by atoms with Crippen molar-refractivity contribution >= 4 is 32.1 Å². The Morgan fingerprint density at radius 3 is 2.60 bits per heavy atom. The van der Waals surface area contributed by atoms with Gasteiger partial charge in [-0.3, -0.25) is 0 Å². The number of hydrogen-bond acceptors (Lipinski definition) is 6. The van der Waals surface area contributed by atoms with Crippen LogP contribution in [0.1, 0.15) is 12.8 Å². The van der Waals surface area contributed by atoms with Crippen molar-refractivity contribution in [3.05, 3.63) is 10.7 Å². The van der Waals surface area contributed by atoms with Gasteiger partial charge in [-0.2, -0.15) is 35.6 Å². The number of aromatic nitrogens is 2. The van der Waals surface area contributed by atoms with Crippen LogP contribution in [0.3, 0.4) is 0 Å². The van der Waals surface area contributed by atoms with Crippen LogP contribution < -0.4 is 14.8 Å². The molecule has 1 saturated heterocycles. The van der Waals surface area contributed by atoms with Crippen LogP contribution in [0.25, 0.3) is 0 Å². The zero-order chi connectivity index (χ0) is 18.7. The number of halogens is 4. The van der Waals surface area contributed by atoms with Crippen LogP contribution in [0.15, 0.2) is 10.7 Å². The topological polar surface area (TPSA) is 96.5 Å². The normalized spacial score (nSPS) is 17.5. The van der Waals surface area contributed by atoms with Gasteiger partial charge in [-0.15, -0.1) is 0 Å². The molecule has 1 aliphatic heterocycles. The molecule has 0 aliphatic carbocycles. The molecule has 142 valence electrons. The summed E-state index contributed by atoms with van der Waals surface area (Å²) in [6.07, 6.45) is -2.25. The third-order valence-electron chi connectivity index (χ3n) is 3.49. The van der Waals surface area contributed by atoms with Crippen molar-refractivity contribution in [1.82, 2.24) is 19.0 Å². The number of alkyl halides is 3. The molecule has 2 rings (SSSR count). The summed E-state index contributed by atoms with van der Waals surface area (Å²) in [6.45, 7) is -1.39. The summed E-state index contributed by atoms with van der Waals surface area (Å²) in [7, 11) is -2.68. The zero-order valence-electron chi connectivity index (χ0n) is 13.2. The largest absolute Gasteiger partial charge is 0.480 e. The van der Waals surface area contributed by atoms with Crippen molar-refractivity contribution in [2.24, 2.45) is 0 Å². The van der Waals surface area contributed by atoms with E-state index in [1.54, 1.807) is 4.72 Å². The highest BCUT2D eigenvalue weighted by molar-refractivity contribution is 9.10. The van der Waals surface area contributed by atoms with Gasteiger partial charge < -0.3 is 10.1 Å². The van der Waals surface area contributed by atoms with Crippen LogP contribution in [0.2, 0.25) is 0 Å².